The third-order valence-corrected chi connectivity index (χ3v) is 3.09. The summed E-state index contributed by atoms with van der Waals surface area (Å²) in [5, 5.41) is 1.27. The van der Waals surface area contributed by atoms with Gasteiger partial charge in [0, 0.05) is 36.8 Å². The molecule has 3 nitrogen and oxygen atoms in total. The Hall–Kier alpha value is -1.32. The Morgan fingerprint density at radius 2 is 2.06 bits per heavy atom. The lowest BCUT2D eigenvalue weighted by molar-refractivity contribution is 0.135. The number of para-hydroxylation sites is 1. The summed E-state index contributed by atoms with van der Waals surface area (Å²) in [6.07, 6.45) is 2.18. The molecule has 0 radical (unpaired) electrons. The molecule has 0 aliphatic heterocycles. The molecule has 0 fully saturated rings. The number of rotatable bonds is 5. The maximum atomic E-state index is 5.80. The molecule has 1 aromatic heterocycles. The molecule has 0 amide bonds. The molecule has 92 valence electrons. The van der Waals surface area contributed by atoms with E-state index in [9.17, 15) is 0 Å². The molecule has 3 heteroatoms. The third-order valence-electron chi connectivity index (χ3n) is 3.09. The zero-order chi connectivity index (χ0) is 12.3. The minimum atomic E-state index is 0.579. The Balaban J connectivity index is 2.55. The van der Waals surface area contributed by atoms with Crippen LogP contribution in [0.3, 0.4) is 0 Å². The molecule has 0 aliphatic rings. The highest BCUT2D eigenvalue weighted by Gasteiger charge is 2.10. The van der Waals surface area contributed by atoms with Gasteiger partial charge in [0.25, 0.3) is 0 Å². The smallest absolute Gasteiger partial charge is 0.0737 e. The molecule has 1 heterocycles. The van der Waals surface area contributed by atoms with E-state index in [4.69, 9.17) is 10.5 Å². The molecule has 17 heavy (non-hydrogen) atoms. The number of fused-ring (bicyclic) bond motifs is 1. The Labute approximate surface area is 102 Å². The van der Waals surface area contributed by atoms with Crippen molar-refractivity contribution in [3.8, 4) is 0 Å². The fourth-order valence-electron chi connectivity index (χ4n) is 2.25. The summed E-state index contributed by atoms with van der Waals surface area (Å²) < 4.78 is 7.77. The topological polar surface area (TPSA) is 40.2 Å². The predicted molar refractivity (Wildman–Crippen MR) is 70.8 cm³/mol. The van der Waals surface area contributed by atoms with Crippen LogP contribution in [-0.2, 0) is 24.4 Å². The maximum absolute atomic E-state index is 5.80. The highest BCUT2D eigenvalue weighted by Crippen LogP contribution is 2.25. The summed E-state index contributed by atoms with van der Waals surface area (Å²) in [5.74, 6) is 0. The van der Waals surface area contributed by atoms with Crippen molar-refractivity contribution < 1.29 is 4.74 Å². The van der Waals surface area contributed by atoms with Crippen molar-refractivity contribution in [1.29, 1.82) is 0 Å². The number of hydrogen-bond acceptors (Lipinski definition) is 2. The van der Waals surface area contributed by atoms with Crippen molar-refractivity contribution in [2.45, 2.75) is 33.5 Å². The second kappa shape index (κ2) is 5.34. The molecule has 2 aromatic rings. The van der Waals surface area contributed by atoms with Crippen LogP contribution < -0.4 is 5.73 Å². The van der Waals surface area contributed by atoms with E-state index in [1.54, 1.807) is 0 Å². The van der Waals surface area contributed by atoms with Gasteiger partial charge in [0.15, 0.2) is 0 Å². The minimum Gasteiger partial charge on any atom is -0.377 e. The summed E-state index contributed by atoms with van der Waals surface area (Å²) in [6, 6.07) is 6.31. The molecular formula is C14H20N2O. The number of aryl methyl sites for hydroxylation is 1. The first-order chi connectivity index (χ1) is 8.31. The monoisotopic (exact) mass is 232 g/mol. The van der Waals surface area contributed by atoms with Gasteiger partial charge in [-0.05, 0) is 19.4 Å². The van der Waals surface area contributed by atoms with Gasteiger partial charge in [-0.1, -0.05) is 18.2 Å². The van der Waals surface area contributed by atoms with Gasteiger partial charge in [-0.25, -0.2) is 0 Å². The van der Waals surface area contributed by atoms with Crippen LogP contribution in [0.4, 0.5) is 0 Å². The molecular weight excluding hydrogens is 212 g/mol. The average Bonchev–Trinajstić information content (AvgIpc) is 2.74. The number of nitrogens with zero attached hydrogens (tertiary/aromatic N) is 1. The van der Waals surface area contributed by atoms with Crippen LogP contribution in [0, 0.1) is 0 Å². The second-order valence-electron chi connectivity index (χ2n) is 4.09. The van der Waals surface area contributed by atoms with Crippen molar-refractivity contribution in [1.82, 2.24) is 4.57 Å². The number of nitrogens with two attached hydrogens (primary N) is 1. The SMILES string of the molecule is CCOCc1cn(CC)c2c(CN)cccc12. The largest absolute Gasteiger partial charge is 0.377 e. The van der Waals surface area contributed by atoms with Gasteiger partial charge in [0.2, 0.25) is 0 Å². The lowest BCUT2D eigenvalue weighted by atomic mass is 10.1. The van der Waals surface area contributed by atoms with Crippen LogP contribution in [0.2, 0.25) is 0 Å². The van der Waals surface area contributed by atoms with Gasteiger partial charge in [-0.3, -0.25) is 0 Å². The van der Waals surface area contributed by atoms with Crippen molar-refractivity contribution >= 4 is 10.9 Å². The summed E-state index contributed by atoms with van der Waals surface area (Å²) in [4.78, 5) is 0. The molecule has 0 saturated heterocycles. The first-order valence-corrected chi connectivity index (χ1v) is 6.19. The molecule has 0 spiro atoms. The van der Waals surface area contributed by atoms with E-state index in [1.165, 1.54) is 22.0 Å². The number of hydrogen-bond donors (Lipinski definition) is 1. The normalized spacial score (nSPS) is 11.2. The van der Waals surface area contributed by atoms with Crippen molar-refractivity contribution in [3.63, 3.8) is 0 Å². The first-order valence-electron chi connectivity index (χ1n) is 6.19. The van der Waals surface area contributed by atoms with Crippen LogP contribution >= 0.6 is 0 Å². The minimum absolute atomic E-state index is 0.579. The Morgan fingerprint density at radius 1 is 1.24 bits per heavy atom. The molecule has 2 rings (SSSR count). The fourth-order valence-corrected chi connectivity index (χ4v) is 2.25. The summed E-state index contributed by atoms with van der Waals surface area (Å²) in [7, 11) is 0. The van der Waals surface area contributed by atoms with E-state index < -0.39 is 0 Å². The van der Waals surface area contributed by atoms with Gasteiger partial charge in [-0.2, -0.15) is 0 Å². The molecule has 0 aliphatic carbocycles. The number of benzene rings is 1. The third kappa shape index (κ3) is 2.21. The fraction of sp³-hybridized carbons (Fsp3) is 0.429. The van der Waals surface area contributed by atoms with Gasteiger partial charge < -0.3 is 15.0 Å². The lowest BCUT2D eigenvalue weighted by Gasteiger charge is -2.05. The van der Waals surface area contributed by atoms with Crippen LogP contribution in [0.5, 0.6) is 0 Å². The van der Waals surface area contributed by atoms with Gasteiger partial charge in [-0.15, -0.1) is 0 Å². The zero-order valence-corrected chi connectivity index (χ0v) is 10.6. The summed E-state index contributed by atoms with van der Waals surface area (Å²) in [6.45, 7) is 7.12. The molecule has 0 saturated carbocycles. The first kappa shape index (κ1) is 12.1. The van der Waals surface area contributed by atoms with E-state index >= 15 is 0 Å². The van der Waals surface area contributed by atoms with Crippen LogP contribution in [0.1, 0.15) is 25.0 Å². The Bertz CT molecular complexity index is 502. The predicted octanol–water partition coefficient (Wildman–Crippen LogP) is 2.66. The van der Waals surface area contributed by atoms with Crippen molar-refractivity contribution in [2.24, 2.45) is 5.73 Å². The number of aromatic nitrogens is 1. The van der Waals surface area contributed by atoms with Crippen LogP contribution in [0.25, 0.3) is 10.9 Å². The molecule has 0 bridgehead atoms. The van der Waals surface area contributed by atoms with Crippen LogP contribution in [-0.4, -0.2) is 11.2 Å². The molecule has 0 unspecified atom stereocenters. The van der Waals surface area contributed by atoms with E-state index in [-0.39, 0.29) is 0 Å². The van der Waals surface area contributed by atoms with E-state index in [0.717, 1.165) is 13.2 Å². The summed E-state index contributed by atoms with van der Waals surface area (Å²) in [5.41, 5.74) is 9.51. The Morgan fingerprint density at radius 3 is 2.71 bits per heavy atom. The number of ether oxygens (including phenoxy) is 1. The summed E-state index contributed by atoms with van der Waals surface area (Å²) >= 11 is 0. The second-order valence-corrected chi connectivity index (χ2v) is 4.09. The van der Waals surface area contributed by atoms with E-state index in [1.807, 2.05) is 6.92 Å². The molecule has 1 aromatic carbocycles. The maximum Gasteiger partial charge on any atom is 0.0737 e. The Kier molecular flexibility index (Phi) is 3.82. The van der Waals surface area contributed by atoms with Gasteiger partial charge in [0.1, 0.15) is 0 Å². The standard InChI is InChI=1S/C14H20N2O/c1-3-16-9-12(10-17-4-2)13-7-5-6-11(8-15)14(13)16/h5-7,9H,3-4,8,10,15H2,1-2H3. The van der Waals surface area contributed by atoms with Crippen molar-refractivity contribution in [3.05, 3.63) is 35.5 Å². The lowest BCUT2D eigenvalue weighted by Crippen LogP contribution is -2.00. The van der Waals surface area contributed by atoms with E-state index in [2.05, 4.69) is 35.9 Å². The molecule has 0 atom stereocenters. The highest BCUT2D eigenvalue weighted by atomic mass is 16.5. The quantitative estimate of drug-likeness (QED) is 0.861. The van der Waals surface area contributed by atoms with E-state index in [0.29, 0.717) is 13.2 Å². The van der Waals surface area contributed by atoms with Crippen LogP contribution in [0.15, 0.2) is 24.4 Å². The average molecular weight is 232 g/mol. The van der Waals surface area contributed by atoms with Crippen molar-refractivity contribution in [2.75, 3.05) is 6.61 Å². The van der Waals surface area contributed by atoms with Gasteiger partial charge in [0.05, 0.1) is 12.1 Å². The zero-order valence-electron chi connectivity index (χ0n) is 10.6. The highest BCUT2D eigenvalue weighted by molar-refractivity contribution is 5.86. The molecule has 2 N–H and O–H groups in total. The van der Waals surface area contributed by atoms with Gasteiger partial charge >= 0.3 is 0 Å².